The number of hydrogen-bond acceptors (Lipinski definition) is 5. The van der Waals surface area contributed by atoms with Crippen LogP contribution in [0, 0.1) is 19.7 Å². The Morgan fingerprint density at radius 1 is 1.19 bits per heavy atom. The van der Waals surface area contributed by atoms with E-state index in [-0.39, 0.29) is 11.9 Å². The highest BCUT2D eigenvalue weighted by Crippen LogP contribution is 2.31. The molecule has 3 heterocycles. The minimum absolute atomic E-state index is 0.0435. The number of carbonyl (C=O) groups excluding carboxylic acids is 1. The van der Waals surface area contributed by atoms with Crippen molar-refractivity contribution in [1.29, 1.82) is 0 Å². The Labute approximate surface area is 183 Å². The number of hydrogen-bond donors (Lipinski definition) is 1. The molecule has 0 aliphatic carbocycles. The Morgan fingerprint density at radius 2 is 1.97 bits per heavy atom. The third kappa shape index (κ3) is 3.98. The predicted molar refractivity (Wildman–Crippen MR) is 121 cm³/mol. The molecule has 0 saturated carbocycles. The number of rotatable bonds is 5. The lowest BCUT2D eigenvalue weighted by atomic mass is 10.1. The predicted octanol–water partition coefficient (Wildman–Crippen LogP) is 5.66. The molecule has 1 aromatic carbocycles. The maximum absolute atomic E-state index is 14.5. The Morgan fingerprint density at radius 3 is 2.71 bits per heavy atom. The van der Waals surface area contributed by atoms with E-state index in [2.05, 4.69) is 20.4 Å². The molecule has 0 bridgehead atoms. The highest BCUT2D eigenvalue weighted by Gasteiger charge is 2.23. The number of nitrogens with zero attached hydrogens (tertiary/aromatic N) is 4. The van der Waals surface area contributed by atoms with E-state index in [1.165, 1.54) is 23.6 Å². The van der Waals surface area contributed by atoms with Crippen molar-refractivity contribution in [2.45, 2.75) is 33.7 Å². The number of carbonyl (C=O) groups is 1. The van der Waals surface area contributed by atoms with Gasteiger partial charge >= 0.3 is 0 Å². The number of aromatic nitrogens is 4. The van der Waals surface area contributed by atoms with Gasteiger partial charge in [-0.05, 0) is 57.0 Å². The summed E-state index contributed by atoms with van der Waals surface area (Å²) < 4.78 is 16.2. The molecular formula is C23H22FN5OS. The van der Waals surface area contributed by atoms with Crippen molar-refractivity contribution in [3.63, 3.8) is 0 Å². The van der Waals surface area contributed by atoms with Crippen molar-refractivity contribution in [2.24, 2.45) is 0 Å². The monoisotopic (exact) mass is 435 g/mol. The summed E-state index contributed by atoms with van der Waals surface area (Å²) in [6.45, 7) is 7.88. The summed E-state index contributed by atoms with van der Waals surface area (Å²) in [5, 5.41) is 9.47. The summed E-state index contributed by atoms with van der Waals surface area (Å²) in [6, 6.07) is 8.28. The molecule has 31 heavy (non-hydrogen) atoms. The van der Waals surface area contributed by atoms with E-state index < -0.39 is 5.82 Å². The topological polar surface area (TPSA) is 72.7 Å². The van der Waals surface area contributed by atoms with Gasteiger partial charge in [-0.2, -0.15) is 5.10 Å². The molecule has 0 spiro atoms. The van der Waals surface area contributed by atoms with E-state index >= 15 is 0 Å². The van der Waals surface area contributed by atoms with Crippen molar-refractivity contribution in [3.8, 4) is 22.6 Å². The molecule has 158 valence electrons. The fourth-order valence-electron chi connectivity index (χ4n) is 3.34. The van der Waals surface area contributed by atoms with E-state index in [1.807, 2.05) is 39.1 Å². The molecule has 6 nitrogen and oxygen atoms in total. The molecule has 1 N–H and O–H groups in total. The van der Waals surface area contributed by atoms with Gasteiger partial charge in [0.15, 0.2) is 5.13 Å². The number of halogens is 1. The van der Waals surface area contributed by atoms with Crippen LogP contribution in [0.25, 0.3) is 22.6 Å². The van der Waals surface area contributed by atoms with Gasteiger partial charge in [0.25, 0.3) is 5.91 Å². The zero-order valence-corrected chi connectivity index (χ0v) is 18.5. The van der Waals surface area contributed by atoms with Crippen LogP contribution in [-0.4, -0.2) is 25.7 Å². The normalized spacial score (nSPS) is 11.2. The minimum atomic E-state index is -0.406. The highest BCUT2D eigenvalue weighted by atomic mass is 32.1. The number of anilines is 1. The molecule has 0 atom stereocenters. The largest absolute Gasteiger partial charge is 0.298 e. The number of amides is 1. The number of thiazole rings is 1. The first-order chi connectivity index (χ1) is 14.9. The van der Waals surface area contributed by atoms with Gasteiger partial charge in [0.1, 0.15) is 11.5 Å². The zero-order chi connectivity index (χ0) is 22.1. The van der Waals surface area contributed by atoms with Crippen LogP contribution in [0.4, 0.5) is 9.52 Å². The minimum Gasteiger partial charge on any atom is -0.298 e. The molecule has 0 unspecified atom stereocenters. The Bertz CT molecular complexity index is 1260. The van der Waals surface area contributed by atoms with Crippen LogP contribution < -0.4 is 5.32 Å². The van der Waals surface area contributed by atoms with Crippen LogP contribution in [0.3, 0.4) is 0 Å². The fourth-order valence-corrected chi connectivity index (χ4v) is 4.03. The lowest BCUT2D eigenvalue weighted by molar-refractivity contribution is 0.102. The Balaban J connectivity index is 1.67. The lowest BCUT2D eigenvalue weighted by Gasteiger charge is -2.13. The van der Waals surface area contributed by atoms with E-state index in [1.54, 1.807) is 29.1 Å². The van der Waals surface area contributed by atoms with Crippen molar-refractivity contribution < 1.29 is 9.18 Å². The molecule has 0 aliphatic heterocycles. The van der Waals surface area contributed by atoms with Gasteiger partial charge in [0.2, 0.25) is 0 Å². The Hall–Kier alpha value is -3.39. The molecular weight excluding hydrogens is 413 g/mol. The number of aryl methyl sites for hydroxylation is 1. The summed E-state index contributed by atoms with van der Waals surface area (Å²) in [4.78, 5) is 22.0. The summed E-state index contributed by atoms with van der Waals surface area (Å²) >= 11 is 1.32. The SMILES string of the molecule is Cc1ccnc(-c2csc(NC(=O)c3cnn(C(C)C)c3-c3ccccc3F)n2)c1C. The maximum atomic E-state index is 14.5. The zero-order valence-electron chi connectivity index (χ0n) is 17.7. The van der Waals surface area contributed by atoms with Gasteiger partial charge < -0.3 is 0 Å². The van der Waals surface area contributed by atoms with Crippen molar-refractivity contribution >= 4 is 22.4 Å². The van der Waals surface area contributed by atoms with Crippen molar-refractivity contribution in [2.75, 3.05) is 5.32 Å². The van der Waals surface area contributed by atoms with Crippen LogP contribution >= 0.6 is 11.3 Å². The molecule has 0 fully saturated rings. The first-order valence-corrected chi connectivity index (χ1v) is 10.8. The number of pyridine rings is 1. The molecule has 3 aromatic heterocycles. The first-order valence-electron chi connectivity index (χ1n) is 9.88. The van der Waals surface area contributed by atoms with Crippen LogP contribution in [0.1, 0.15) is 41.4 Å². The molecule has 4 aromatic rings. The van der Waals surface area contributed by atoms with E-state index in [0.717, 1.165) is 16.8 Å². The molecule has 0 radical (unpaired) electrons. The standard InChI is InChI=1S/C23H22FN5OS/c1-13(2)29-21(16-7-5-6-8-18(16)24)17(11-26-29)22(30)28-23-27-19(12-31-23)20-15(4)14(3)9-10-25-20/h5-13H,1-4H3,(H,27,28,30). The number of benzene rings is 1. The van der Waals surface area contributed by atoms with Gasteiger partial charge in [-0.1, -0.05) is 12.1 Å². The molecule has 8 heteroatoms. The summed E-state index contributed by atoms with van der Waals surface area (Å²) in [7, 11) is 0. The highest BCUT2D eigenvalue weighted by molar-refractivity contribution is 7.14. The second-order valence-electron chi connectivity index (χ2n) is 7.52. The summed E-state index contributed by atoms with van der Waals surface area (Å²) in [5.74, 6) is -0.795. The van der Waals surface area contributed by atoms with Gasteiger partial charge in [-0.15, -0.1) is 11.3 Å². The quantitative estimate of drug-likeness (QED) is 0.439. The van der Waals surface area contributed by atoms with Gasteiger partial charge in [-0.3, -0.25) is 19.8 Å². The van der Waals surface area contributed by atoms with Crippen LogP contribution in [-0.2, 0) is 0 Å². The van der Waals surface area contributed by atoms with Crippen molar-refractivity contribution in [1.82, 2.24) is 19.7 Å². The third-order valence-corrected chi connectivity index (χ3v) is 5.86. The lowest BCUT2D eigenvalue weighted by Crippen LogP contribution is -2.14. The van der Waals surface area contributed by atoms with Crippen LogP contribution in [0.15, 0.2) is 48.1 Å². The Kier molecular flexibility index (Phi) is 5.65. The van der Waals surface area contributed by atoms with Crippen molar-refractivity contribution in [3.05, 3.63) is 70.6 Å². The van der Waals surface area contributed by atoms with Crippen LogP contribution in [0.5, 0.6) is 0 Å². The molecule has 4 rings (SSSR count). The van der Waals surface area contributed by atoms with Crippen LogP contribution in [0.2, 0.25) is 0 Å². The average Bonchev–Trinajstić information content (AvgIpc) is 3.38. The van der Waals surface area contributed by atoms with E-state index in [0.29, 0.717) is 27.6 Å². The van der Waals surface area contributed by atoms with E-state index in [4.69, 9.17) is 0 Å². The molecule has 0 saturated heterocycles. The summed E-state index contributed by atoms with van der Waals surface area (Å²) in [6.07, 6.45) is 3.22. The summed E-state index contributed by atoms with van der Waals surface area (Å²) in [5.41, 5.74) is 4.73. The fraction of sp³-hybridized carbons (Fsp3) is 0.217. The second-order valence-corrected chi connectivity index (χ2v) is 8.38. The smallest absolute Gasteiger partial charge is 0.261 e. The van der Waals surface area contributed by atoms with Gasteiger partial charge in [0, 0.05) is 23.2 Å². The van der Waals surface area contributed by atoms with E-state index in [9.17, 15) is 9.18 Å². The second kappa shape index (κ2) is 8.39. The average molecular weight is 436 g/mol. The maximum Gasteiger partial charge on any atom is 0.261 e. The first kappa shape index (κ1) is 20.9. The number of nitrogens with one attached hydrogen (secondary N) is 1. The van der Waals surface area contributed by atoms with Gasteiger partial charge in [0.05, 0.1) is 23.1 Å². The molecule has 1 amide bonds. The molecule has 0 aliphatic rings. The third-order valence-electron chi connectivity index (χ3n) is 5.10. The van der Waals surface area contributed by atoms with Gasteiger partial charge in [-0.25, -0.2) is 9.37 Å².